The standard InChI is InChI=1S/C21H25N3O2/c1-14-10-11-16(21(22)26)12-18(14)23-13-20(25)24(2)19-9-5-7-15-6-3-4-8-17(15)19/h3-4,6,8,10-12,19,23H,5,7,9,13H2,1-2H3,(H2,22,26)/t19-/m1/s1. The number of anilines is 1. The number of benzene rings is 2. The van der Waals surface area contributed by atoms with Gasteiger partial charge in [0.1, 0.15) is 0 Å². The number of fused-ring (bicyclic) bond motifs is 1. The first kappa shape index (κ1) is 18.0. The number of nitrogens with zero attached hydrogens (tertiary/aromatic N) is 1. The molecule has 3 rings (SSSR count). The third kappa shape index (κ3) is 3.72. The number of hydrogen-bond donors (Lipinski definition) is 2. The molecule has 0 bridgehead atoms. The highest BCUT2D eigenvalue weighted by Crippen LogP contribution is 2.33. The Bertz CT molecular complexity index is 832. The minimum Gasteiger partial charge on any atom is -0.376 e. The molecule has 1 aliphatic rings. The van der Waals surface area contributed by atoms with Crippen LogP contribution in [0.2, 0.25) is 0 Å². The summed E-state index contributed by atoms with van der Waals surface area (Å²) in [6, 6.07) is 13.7. The Labute approximate surface area is 154 Å². The molecule has 5 heteroatoms. The summed E-state index contributed by atoms with van der Waals surface area (Å²) < 4.78 is 0. The van der Waals surface area contributed by atoms with Gasteiger partial charge in [-0.25, -0.2) is 0 Å². The molecule has 0 spiro atoms. The lowest BCUT2D eigenvalue weighted by atomic mass is 9.87. The van der Waals surface area contributed by atoms with E-state index in [0.717, 1.165) is 30.5 Å². The van der Waals surface area contributed by atoms with Crippen LogP contribution in [0.25, 0.3) is 0 Å². The fraction of sp³-hybridized carbons (Fsp3) is 0.333. The lowest BCUT2D eigenvalue weighted by Crippen LogP contribution is -2.37. The molecule has 26 heavy (non-hydrogen) atoms. The minimum absolute atomic E-state index is 0.0237. The van der Waals surface area contributed by atoms with Crippen molar-refractivity contribution >= 4 is 17.5 Å². The number of aryl methyl sites for hydroxylation is 2. The summed E-state index contributed by atoms with van der Waals surface area (Å²) in [5, 5.41) is 3.15. The summed E-state index contributed by atoms with van der Waals surface area (Å²) in [4.78, 5) is 25.9. The van der Waals surface area contributed by atoms with Crippen LogP contribution in [0.3, 0.4) is 0 Å². The molecule has 1 atom stereocenters. The van der Waals surface area contributed by atoms with Gasteiger partial charge in [-0.05, 0) is 55.0 Å². The molecule has 0 unspecified atom stereocenters. The van der Waals surface area contributed by atoms with Crippen molar-refractivity contribution in [2.24, 2.45) is 5.73 Å². The Morgan fingerprint density at radius 3 is 2.77 bits per heavy atom. The van der Waals surface area contributed by atoms with Crippen LogP contribution in [-0.4, -0.2) is 30.3 Å². The molecule has 5 nitrogen and oxygen atoms in total. The number of hydrogen-bond acceptors (Lipinski definition) is 3. The Hall–Kier alpha value is -2.82. The predicted octanol–water partition coefficient (Wildman–Crippen LogP) is 3.04. The van der Waals surface area contributed by atoms with E-state index in [4.69, 9.17) is 5.73 Å². The average Bonchev–Trinajstić information content (AvgIpc) is 2.65. The number of rotatable bonds is 5. The van der Waals surface area contributed by atoms with E-state index >= 15 is 0 Å². The van der Waals surface area contributed by atoms with Crippen molar-refractivity contribution in [3.05, 3.63) is 64.7 Å². The van der Waals surface area contributed by atoms with E-state index in [1.54, 1.807) is 12.1 Å². The minimum atomic E-state index is -0.477. The molecule has 0 saturated heterocycles. The maximum absolute atomic E-state index is 12.7. The highest BCUT2D eigenvalue weighted by Gasteiger charge is 2.26. The molecule has 0 fully saturated rings. The second kappa shape index (κ2) is 7.60. The maximum atomic E-state index is 12.7. The summed E-state index contributed by atoms with van der Waals surface area (Å²) in [5.74, 6) is -0.453. The van der Waals surface area contributed by atoms with Gasteiger partial charge < -0.3 is 16.0 Å². The Morgan fingerprint density at radius 1 is 1.23 bits per heavy atom. The number of likely N-dealkylation sites (N-methyl/N-ethyl adjacent to an activating group) is 1. The second-order valence-electron chi connectivity index (χ2n) is 6.86. The molecular weight excluding hydrogens is 326 g/mol. The number of nitrogens with one attached hydrogen (secondary N) is 1. The van der Waals surface area contributed by atoms with Crippen LogP contribution < -0.4 is 11.1 Å². The van der Waals surface area contributed by atoms with E-state index in [1.165, 1.54) is 11.1 Å². The van der Waals surface area contributed by atoms with E-state index < -0.39 is 5.91 Å². The summed E-state index contributed by atoms with van der Waals surface area (Å²) >= 11 is 0. The number of carbonyl (C=O) groups is 2. The molecule has 136 valence electrons. The van der Waals surface area contributed by atoms with Gasteiger partial charge in [0.15, 0.2) is 0 Å². The van der Waals surface area contributed by atoms with Crippen molar-refractivity contribution in [3.8, 4) is 0 Å². The van der Waals surface area contributed by atoms with Crippen molar-refractivity contribution in [1.29, 1.82) is 0 Å². The van der Waals surface area contributed by atoms with Crippen LogP contribution in [0.4, 0.5) is 5.69 Å². The van der Waals surface area contributed by atoms with Crippen molar-refractivity contribution < 1.29 is 9.59 Å². The van der Waals surface area contributed by atoms with Crippen LogP contribution in [-0.2, 0) is 11.2 Å². The van der Waals surface area contributed by atoms with E-state index in [1.807, 2.05) is 31.0 Å². The van der Waals surface area contributed by atoms with Gasteiger partial charge in [-0.1, -0.05) is 30.3 Å². The summed E-state index contributed by atoms with van der Waals surface area (Å²) in [6.45, 7) is 2.11. The first-order valence-corrected chi connectivity index (χ1v) is 8.95. The van der Waals surface area contributed by atoms with Gasteiger partial charge in [0.25, 0.3) is 0 Å². The highest BCUT2D eigenvalue weighted by molar-refractivity contribution is 5.94. The number of amides is 2. The van der Waals surface area contributed by atoms with Crippen LogP contribution in [0.5, 0.6) is 0 Å². The van der Waals surface area contributed by atoms with Gasteiger partial charge in [-0.3, -0.25) is 9.59 Å². The highest BCUT2D eigenvalue weighted by atomic mass is 16.2. The quantitative estimate of drug-likeness (QED) is 0.869. The van der Waals surface area contributed by atoms with Gasteiger partial charge in [0.2, 0.25) is 11.8 Å². The monoisotopic (exact) mass is 351 g/mol. The Kier molecular flexibility index (Phi) is 5.26. The number of nitrogens with two attached hydrogens (primary N) is 1. The molecule has 3 N–H and O–H groups in total. The summed E-state index contributed by atoms with van der Waals surface area (Å²) in [6.07, 6.45) is 3.15. The number of carbonyl (C=O) groups excluding carboxylic acids is 2. The molecule has 2 amide bonds. The summed E-state index contributed by atoms with van der Waals surface area (Å²) in [7, 11) is 1.86. The molecule has 2 aromatic carbocycles. The van der Waals surface area contributed by atoms with Crippen molar-refractivity contribution in [1.82, 2.24) is 4.90 Å². The smallest absolute Gasteiger partial charge is 0.248 e. The van der Waals surface area contributed by atoms with Gasteiger partial charge in [0, 0.05) is 18.3 Å². The predicted molar refractivity (Wildman–Crippen MR) is 103 cm³/mol. The van der Waals surface area contributed by atoms with Crippen LogP contribution >= 0.6 is 0 Å². The SMILES string of the molecule is Cc1ccc(C(N)=O)cc1NCC(=O)N(C)[C@@H]1CCCc2ccccc21. The second-order valence-corrected chi connectivity index (χ2v) is 6.86. The zero-order chi connectivity index (χ0) is 18.7. The van der Waals surface area contributed by atoms with Crippen molar-refractivity contribution in [2.75, 3.05) is 18.9 Å². The van der Waals surface area contributed by atoms with E-state index in [9.17, 15) is 9.59 Å². The van der Waals surface area contributed by atoms with E-state index in [-0.39, 0.29) is 18.5 Å². The molecule has 2 aromatic rings. The van der Waals surface area contributed by atoms with Gasteiger partial charge in [-0.15, -0.1) is 0 Å². The maximum Gasteiger partial charge on any atom is 0.248 e. The van der Waals surface area contributed by atoms with E-state index in [2.05, 4.69) is 23.5 Å². The number of primary amides is 1. The van der Waals surface area contributed by atoms with Gasteiger partial charge in [-0.2, -0.15) is 0 Å². The fourth-order valence-corrected chi connectivity index (χ4v) is 3.57. The Balaban J connectivity index is 1.69. The zero-order valence-electron chi connectivity index (χ0n) is 15.3. The van der Waals surface area contributed by atoms with Crippen LogP contribution in [0, 0.1) is 6.92 Å². The third-order valence-corrected chi connectivity index (χ3v) is 5.15. The molecule has 0 heterocycles. The molecule has 0 radical (unpaired) electrons. The van der Waals surface area contributed by atoms with Crippen LogP contribution in [0.1, 0.15) is 45.9 Å². The van der Waals surface area contributed by atoms with Crippen molar-refractivity contribution in [2.45, 2.75) is 32.2 Å². The molecule has 0 aliphatic heterocycles. The lowest BCUT2D eigenvalue weighted by molar-refractivity contribution is -0.130. The molecule has 1 aliphatic carbocycles. The largest absolute Gasteiger partial charge is 0.376 e. The van der Waals surface area contributed by atoms with Crippen molar-refractivity contribution in [3.63, 3.8) is 0 Å². The first-order valence-electron chi connectivity index (χ1n) is 8.95. The molecule has 0 aromatic heterocycles. The summed E-state index contributed by atoms with van der Waals surface area (Å²) in [5.41, 5.74) is 10.1. The fourth-order valence-electron chi connectivity index (χ4n) is 3.57. The average molecular weight is 351 g/mol. The molecule has 0 saturated carbocycles. The van der Waals surface area contributed by atoms with E-state index in [0.29, 0.717) is 5.56 Å². The van der Waals surface area contributed by atoms with Gasteiger partial charge >= 0.3 is 0 Å². The molecular formula is C21H25N3O2. The zero-order valence-corrected chi connectivity index (χ0v) is 15.3. The topological polar surface area (TPSA) is 75.4 Å². The Morgan fingerprint density at radius 2 is 2.00 bits per heavy atom. The van der Waals surface area contributed by atoms with Crippen LogP contribution in [0.15, 0.2) is 42.5 Å². The lowest BCUT2D eigenvalue weighted by Gasteiger charge is -2.33. The first-order chi connectivity index (χ1) is 12.5. The third-order valence-electron chi connectivity index (χ3n) is 5.15. The van der Waals surface area contributed by atoms with Gasteiger partial charge in [0.05, 0.1) is 12.6 Å². The normalized spacial score (nSPS) is 15.8.